The van der Waals surface area contributed by atoms with Crippen molar-refractivity contribution < 1.29 is 53.1 Å². The number of carbonyl (C=O) groups excluding carboxylic acids is 9. The first-order chi connectivity index (χ1) is 32.0. The first kappa shape index (κ1) is 57.5. The van der Waals surface area contributed by atoms with Gasteiger partial charge in [-0.05, 0) is 57.5 Å². The molecule has 1 aliphatic heterocycles. The van der Waals surface area contributed by atoms with Gasteiger partial charge in [-0.25, -0.2) is 0 Å². The van der Waals surface area contributed by atoms with E-state index in [-0.39, 0.29) is 74.2 Å². The van der Waals surface area contributed by atoms with E-state index in [1.165, 1.54) is 11.8 Å². The van der Waals surface area contributed by atoms with Crippen LogP contribution in [0.25, 0.3) is 0 Å². The number of unbranched alkanes of at least 4 members (excludes halogenated alkanes) is 1. The lowest BCUT2D eigenvalue weighted by atomic mass is 10.0. The van der Waals surface area contributed by atoms with Crippen molar-refractivity contribution >= 4 is 98.3 Å². The number of carboxylic acids is 1. The zero-order valence-corrected chi connectivity index (χ0v) is 40.2. The number of nitrogens with two attached hydrogens (primary N) is 1. The summed E-state index contributed by atoms with van der Waals surface area (Å²) in [5.74, 6) is -8.90. The molecule has 1 aromatic carbocycles. The van der Waals surface area contributed by atoms with E-state index >= 15 is 0 Å². The number of rotatable bonds is 24. The molecule has 0 spiro atoms. The van der Waals surface area contributed by atoms with Crippen LogP contribution in [0, 0.1) is 5.41 Å². The van der Waals surface area contributed by atoms with Gasteiger partial charge < -0.3 is 64.0 Å². The molecule has 0 saturated carbocycles. The molecule has 8 amide bonds. The van der Waals surface area contributed by atoms with Crippen molar-refractivity contribution in [1.82, 2.24) is 53.2 Å². The summed E-state index contributed by atoms with van der Waals surface area (Å²) in [7, 11) is 3.73. The summed E-state index contributed by atoms with van der Waals surface area (Å²) in [5.41, 5.74) is 6.04. The van der Waals surface area contributed by atoms with Crippen molar-refractivity contribution in [1.29, 1.82) is 5.41 Å². The van der Waals surface area contributed by atoms with Crippen LogP contribution in [0.4, 0.5) is 0 Å². The maximum Gasteiger partial charge on any atom is 0.305 e. The van der Waals surface area contributed by atoms with Crippen LogP contribution >= 0.6 is 33.3 Å². The highest BCUT2D eigenvalue weighted by Crippen LogP contribution is 2.24. The Kier molecular flexibility index (Phi) is 27.6. The predicted molar refractivity (Wildman–Crippen MR) is 256 cm³/mol. The molecule has 0 bridgehead atoms. The summed E-state index contributed by atoms with van der Waals surface area (Å²) in [6.07, 6.45) is 2.53. The third-order valence-corrected chi connectivity index (χ3v) is 12.7. The summed E-state index contributed by atoms with van der Waals surface area (Å²) < 4.78 is 0. The van der Waals surface area contributed by atoms with Gasteiger partial charge in [0.15, 0.2) is 11.7 Å². The van der Waals surface area contributed by atoms with Crippen molar-refractivity contribution in [2.24, 2.45) is 5.73 Å². The van der Waals surface area contributed by atoms with E-state index in [1.807, 2.05) is 0 Å². The maximum atomic E-state index is 14.1. The molecule has 67 heavy (non-hydrogen) atoms. The van der Waals surface area contributed by atoms with Crippen molar-refractivity contribution in [3.05, 3.63) is 35.9 Å². The van der Waals surface area contributed by atoms with Gasteiger partial charge in [-0.15, -0.1) is 0 Å². The molecule has 14 N–H and O–H groups in total. The Morgan fingerprint density at radius 3 is 2.24 bits per heavy atom. The normalized spacial score (nSPS) is 19.3. The quantitative estimate of drug-likeness (QED) is 0.0216. The molecule has 6 atom stereocenters. The molecule has 23 nitrogen and oxygen atoms in total. The molecule has 1 heterocycles. The fourth-order valence-corrected chi connectivity index (χ4v) is 8.86. The Morgan fingerprint density at radius 1 is 0.866 bits per heavy atom. The molecule has 0 unspecified atom stereocenters. The molecule has 1 fully saturated rings. The van der Waals surface area contributed by atoms with Crippen LogP contribution in [0.15, 0.2) is 30.3 Å². The van der Waals surface area contributed by atoms with Crippen LogP contribution in [0.1, 0.15) is 57.4 Å². The number of nitrogens with one attached hydrogen (secondary N) is 11. The zero-order valence-electron chi connectivity index (χ0n) is 37.8. The summed E-state index contributed by atoms with van der Waals surface area (Å²) in [6, 6.07) is 0.436. The minimum atomic E-state index is -1.75. The number of Topliss-reactive ketones (excluding diaryl/α,β-unsaturated/α-hetero) is 1. The van der Waals surface area contributed by atoms with Crippen LogP contribution in [0.2, 0.25) is 0 Å². The van der Waals surface area contributed by atoms with Gasteiger partial charge in [-0.1, -0.05) is 58.8 Å². The molecule has 0 radical (unpaired) electrons. The molecule has 2 rings (SSSR count). The minimum Gasteiger partial charge on any atom is -0.481 e. The topological polar surface area (TPSA) is 361 Å². The maximum absolute atomic E-state index is 14.1. The molecule has 1 aromatic rings. The fraction of sp³-hybridized carbons (Fsp3) is 0.585. The monoisotopic (exact) mass is 996 g/mol. The SMILES string of the molecule is CCC(=O)CNC(=O)[C@H](Cc1ccccc1)NC(=O)[C@@H]1CSSC[C@H](NC(=O)[C@H](CCCCNC)NC(=O)CSC)C(=O)N[C@@H](CCCNC(=N)N)C(=O)NCC(=O)N[C@@H](CC(=O)O)C(=O)N1. The molecule has 1 saturated heterocycles. The highest BCUT2D eigenvalue weighted by molar-refractivity contribution is 8.76. The van der Waals surface area contributed by atoms with Crippen LogP contribution in [-0.2, 0) is 54.4 Å². The second-order valence-corrected chi connectivity index (χ2v) is 18.6. The van der Waals surface area contributed by atoms with Gasteiger partial charge in [0.25, 0.3) is 0 Å². The third-order valence-electron chi connectivity index (χ3n) is 9.76. The molecular formula is C41H64N12O11S3. The average Bonchev–Trinajstić information content (AvgIpc) is 3.28. The van der Waals surface area contributed by atoms with Crippen LogP contribution in [0.3, 0.4) is 0 Å². The van der Waals surface area contributed by atoms with E-state index in [9.17, 15) is 53.1 Å². The van der Waals surface area contributed by atoms with E-state index in [4.69, 9.17) is 11.1 Å². The molecule has 0 aliphatic carbocycles. The lowest BCUT2D eigenvalue weighted by Crippen LogP contribution is -2.59. The molecule has 372 valence electrons. The van der Waals surface area contributed by atoms with E-state index < -0.39 is 102 Å². The largest absolute Gasteiger partial charge is 0.481 e. The molecule has 0 aromatic heterocycles. The van der Waals surface area contributed by atoms with Gasteiger partial charge in [0.05, 0.1) is 25.3 Å². The first-order valence-electron chi connectivity index (χ1n) is 21.6. The van der Waals surface area contributed by atoms with Gasteiger partial charge >= 0.3 is 5.97 Å². The highest BCUT2D eigenvalue weighted by Gasteiger charge is 2.34. The molecule has 1 aliphatic rings. The van der Waals surface area contributed by atoms with E-state index in [2.05, 4.69) is 53.2 Å². The summed E-state index contributed by atoms with van der Waals surface area (Å²) in [5, 5.41) is 43.0. The number of carboxylic acid groups (broad SMARTS) is 1. The fourth-order valence-electron chi connectivity index (χ4n) is 6.18. The summed E-state index contributed by atoms with van der Waals surface area (Å²) >= 11 is 1.25. The Bertz CT molecular complexity index is 1870. The number of thioether (sulfide) groups is 1. The number of guanidine groups is 1. The van der Waals surface area contributed by atoms with Crippen LogP contribution in [0.5, 0.6) is 0 Å². The smallest absolute Gasteiger partial charge is 0.305 e. The number of hydrogen-bond acceptors (Lipinski definition) is 15. The van der Waals surface area contributed by atoms with Gasteiger partial charge in [0, 0.05) is 30.9 Å². The van der Waals surface area contributed by atoms with Crippen molar-refractivity contribution in [3.63, 3.8) is 0 Å². The second kappa shape index (κ2) is 32.2. The van der Waals surface area contributed by atoms with Crippen molar-refractivity contribution in [2.75, 3.05) is 56.7 Å². The first-order valence-corrected chi connectivity index (χ1v) is 25.4. The average molecular weight is 997 g/mol. The van der Waals surface area contributed by atoms with Crippen molar-refractivity contribution in [2.45, 2.75) is 94.5 Å². The summed E-state index contributed by atoms with van der Waals surface area (Å²) in [4.78, 5) is 133. The number of ketones is 1. The number of hydrogen-bond donors (Lipinski definition) is 13. The number of benzene rings is 1. The van der Waals surface area contributed by atoms with E-state index in [1.54, 1.807) is 50.6 Å². The van der Waals surface area contributed by atoms with Crippen LogP contribution < -0.4 is 58.9 Å². The lowest BCUT2D eigenvalue weighted by molar-refractivity contribution is -0.141. The van der Waals surface area contributed by atoms with Gasteiger partial charge in [-0.3, -0.25) is 53.4 Å². The standard InChI is InChI=1S/C41H64N12O11S3/c1-4-25(54)19-46-36(60)28(17-24-11-6-5-7-12-24)51-40(64)31-22-67-66-21-30(52-37(61)27(13-8-9-15-44-2)48-33(56)23-65-3)39(63)50-26(14-10-16-45-41(42)43)35(59)47-20-32(55)49-29(18-34(57)58)38(62)53-31/h5-7,11-12,26-31,44H,4,8-10,13-23H2,1-3H3,(H,46,60)(H,47,59)(H,48,56)(H,49,55)(H,50,63)(H,51,64)(H,52,61)(H,53,62)(H,57,58)(H4,42,43,45)/t26-,27-,28-,29-,30-,31-/m0/s1. The minimum absolute atomic E-state index is 0.0242. The highest BCUT2D eigenvalue weighted by atomic mass is 33.1. The Balaban J connectivity index is 2.56. The number of amides is 8. The molecular weight excluding hydrogens is 933 g/mol. The van der Waals surface area contributed by atoms with Gasteiger partial charge in [-0.2, -0.15) is 11.8 Å². The lowest BCUT2D eigenvalue weighted by Gasteiger charge is -2.26. The third kappa shape index (κ3) is 23.6. The second-order valence-electron chi connectivity index (χ2n) is 15.2. The number of carbonyl (C=O) groups is 10. The zero-order chi connectivity index (χ0) is 49.7. The van der Waals surface area contributed by atoms with Crippen LogP contribution in [-0.4, -0.2) is 163 Å². The van der Waals surface area contributed by atoms with Crippen molar-refractivity contribution in [3.8, 4) is 0 Å². The van der Waals surface area contributed by atoms with Gasteiger partial charge in [0.1, 0.15) is 36.3 Å². The number of aliphatic carboxylic acids is 1. The predicted octanol–water partition coefficient (Wildman–Crippen LogP) is -2.76. The van der Waals surface area contributed by atoms with E-state index in [0.29, 0.717) is 24.9 Å². The Morgan fingerprint density at radius 2 is 1.58 bits per heavy atom. The summed E-state index contributed by atoms with van der Waals surface area (Å²) in [6.45, 7) is 1.33. The van der Waals surface area contributed by atoms with E-state index in [0.717, 1.165) is 21.6 Å². The van der Waals surface area contributed by atoms with Gasteiger partial charge in [0.2, 0.25) is 47.3 Å². The Labute approximate surface area is 401 Å². The molecule has 26 heteroatoms. The Hall–Kier alpha value is -5.60.